The third-order valence-corrected chi connectivity index (χ3v) is 5.77. The quantitative estimate of drug-likeness (QED) is 0.655. The van der Waals surface area contributed by atoms with Gasteiger partial charge in [0, 0.05) is 13.1 Å². The Hall–Kier alpha value is -0.960. The van der Waals surface area contributed by atoms with Crippen LogP contribution in [0, 0.1) is 0 Å². The monoisotopic (exact) mass is 334 g/mol. The summed E-state index contributed by atoms with van der Waals surface area (Å²) in [4.78, 5) is 0.181. The summed E-state index contributed by atoms with van der Waals surface area (Å²) < 4.78 is 51.1. The molecule has 21 heavy (non-hydrogen) atoms. The molecule has 0 amide bonds. The normalized spacial score (nSPS) is 12.5. The lowest BCUT2D eigenvalue weighted by Gasteiger charge is -2.08. The second-order valence-electron chi connectivity index (χ2n) is 4.59. The van der Waals surface area contributed by atoms with Crippen LogP contribution < -0.4 is 9.44 Å². The zero-order valence-corrected chi connectivity index (χ0v) is 13.9. The molecular weight excluding hydrogens is 312 g/mol. The van der Waals surface area contributed by atoms with E-state index in [-0.39, 0.29) is 23.7 Å². The Balaban J connectivity index is 2.57. The fraction of sp³-hybridized carbons (Fsp3) is 0.538. The highest BCUT2D eigenvalue weighted by Gasteiger charge is 2.13. The van der Waals surface area contributed by atoms with Crippen LogP contribution in [0.4, 0.5) is 0 Å². The smallest absolute Gasteiger partial charge is 0.214 e. The van der Waals surface area contributed by atoms with E-state index in [1.807, 2.05) is 0 Å². The topological polar surface area (TPSA) is 92.3 Å². The molecule has 6 nitrogen and oxygen atoms in total. The van der Waals surface area contributed by atoms with Crippen molar-refractivity contribution in [1.82, 2.24) is 9.44 Å². The van der Waals surface area contributed by atoms with Gasteiger partial charge in [-0.15, -0.1) is 0 Å². The molecular formula is C13H22N2O4S2. The lowest BCUT2D eigenvalue weighted by Crippen LogP contribution is -2.35. The number of aryl methyl sites for hydroxylation is 1. The van der Waals surface area contributed by atoms with Gasteiger partial charge in [0.1, 0.15) is 0 Å². The van der Waals surface area contributed by atoms with Gasteiger partial charge in [0.2, 0.25) is 20.0 Å². The Bertz CT molecular complexity index is 637. The first-order valence-corrected chi connectivity index (χ1v) is 10.00. The van der Waals surface area contributed by atoms with E-state index in [2.05, 4.69) is 16.4 Å². The van der Waals surface area contributed by atoms with Crippen molar-refractivity contribution < 1.29 is 16.8 Å². The van der Waals surface area contributed by atoms with Gasteiger partial charge < -0.3 is 0 Å². The molecule has 0 aliphatic carbocycles. The van der Waals surface area contributed by atoms with Crippen LogP contribution in [0.3, 0.4) is 0 Å². The molecule has 0 radical (unpaired) electrons. The average Bonchev–Trinajstić information content (AvgIpc) is 2.45. The fourth-order valence-corrected chi connectivity index (χ4v) is 3.35. The van der Waals surface area contributed by atoms with Crippen molar-refractivity contribution in [2.75, 3.05) is 18.8 Å². The first kappa shape index (κ1) is 18.1. The average molecular weight is 334 g/mol. The minimum absolute atomic E-state index is 0.0122. The van der Waals surface area contributed by atoms with Gasteiger partial charge in [-0.2, -0.15) is 0 Å². The Labute approximate surface area is 127 Å². The van der Waals surface area contributed by atoms with Crippen molar-refractivity contribution >= 4 is 20.0 Å². The number of rotatable bonds is 9. The fourth-order valence-electron chi connectivity index (χ4n) is 1.70. The lowest BCUT2D eigenvalue weighted by atomic mass is 10.1. The largest absolute Gasteiger partial charge is 0.240 e. The summed E-state index contributed by atoms with van der Waals surface area (Å²) in [6.45, 7) is 3.62. The van der Waals surface area contributed by atoms with Gasteiger partial charge in [0.15, 0.2) is 0 Å². The number of sulfonamides is 2. The van der Waals surface area contributed by atoms with Crippen molar-refractivity contribution in [3.8, 4) is 0 Å². The van der Waals surface area contributed by atoms with Gasteiger partial charge in [-0.25, -0.2) is 26.3 Å². The molecule has 0 atom stereocenters. The highest BCUT2D eigenvalue weighted by molar-refractivity contribution is 7.89. The Morgan fingerprint density at radius 1 is 0.905 bits per heavy atom. The van der Waals surface area contributed by atoms with Crippen LogP contribution >= 0.6 is 0 Å². The minimum Gasteiger partial charge on any atom is -0.214 e. The molecule has 0 heterocycles. The van der Waals surface area contributed by atoms with Gasteiger partial charge in [0.25, 0.3) is 0 Å². The van der Waals surface area contributed by atoms with E-state index in [9.17, 15) is 16.8 Å². The predicted octanol–water partition coefficient (Wildman–Crippen LogP) is 0.857. The number of hydrogen-bond donors (Lipinski definition) is 2. The first-order chi connectivity index (χ1) is 9.80. The summed E-state index contributed by atoms with van der Waals surface area (Å²) >= 11 is 0. The zero-order chi connectivity index (χ0) is 15.9. The maximum absolute atomic E-state index is 12.0. The molecule has 0 unspecified atom stereocenters. The van der Waals surface area contributed by atoms with Crippen molar-refractivity contribution in [3.05, 3.63) is 29.8 Å². The Morgan fingerprint density at radius 3 is 2.00 bits per heavy atom. The van der Waals surface area contributed by atoms with E-state index >= 15 is 0 Å². The standard InChI is InChI=1S/C13H22N2O4S2/c1-3-5-12-6-8-13(9-7-12)21(18,19)15-11-10-14-20(16,17)4-2/h6-9,14-15H,3-5,10-11H2,1-2H3. The second-order valence-corrected chi connectivity index (χ2v) is 8.45. The predicted molar refractivity (Wildman–Crippen MR) is 83.1 cm³/mol. The molecule has 120 valence electrons. The van der Waals surface area contributed by atoms with E-state index in [4.69, 9.17) is 0 Å². The molecule has 8 heteroatoms. The van der Waals surface area contributed by atoms with Crippen LogP contribution in [0.25, 0.3) is 0 Å². The lowest BCUT2D eigenvalue weighted by molar-refractivity contribution is 0.571. The maximum Gasteiger partial charge on any atom is 0.240 e. The summed E-state index contributed by atoms with van der Waals surface area (Å²) in [6, 6.07) is 6.70. The van der Waals surface area contributed by atoms with Crippen LogP contribution in [-0.2, 0) is 26.5 Å². The zero-order valence-electron chi connectivity index (χ0n) is 12.3. The van der Waals surface area contributed by atoms with E-state index in [1.54, 1.807) is 24.3 Å². The van der Waals surface area contributed by atoms with Crippen molar-refractivity contribution in [2.45, 2.75) is 31.6 Å². The SMILES string of the molecule is CCCc1ccc(S(=O)(=O)NCCNS(=O)(=O)CC)cc1. The van der Waals surface area contributed by atoms with E-state index in [0.717, 1.165) is 18.4 Å². The molecule has 0 aliphatic rings. The number of nitrogens with one attached hydrogen (secondary N) is 2. The number of benzene rings is 1. The number of hydrogen-bond acceptors (Lipinski definition) is 4. The minimum atomic E-state index is -3.60. The van der Waals surface area contributed by atoms with Gasteiger partial charge in [-0.3, -0.25) is 0 Å². The van der Waals surface area contributed by atoms with Crippen LogP contribution in [0.2, 0.25) is 0 Å². The molecule has 0 spiro atoms. The van der Waals surface area contributed by atoms with Crippen LogP contribution in [-0.4, -0.2) is 35.7 Å². The molecule has 0 bridgehead atoms. The third-order valence-electron chi connectivity index (χ3n) is 2.89. The summed E-state index contributed by atoms with van der Waals surface area (Å²) in [7, 11) is -6.90. The van der Waals surface area contributed by atoms with Gasteiger partial charge >= 0.3 is 0 Å². The van der Waals surface area contributed by atoms with Crippen LogP contribution in [0.1, 0.15) is 25.8 Å². The molecule has 1 aromatic rings. The summed E-state index contributed by atoms with van der Waals surface area (Å²) in [6.07, 6.45) is 1.91. The molecule has 1 rings (SSSR count). The first-order valence-electron chi connectivity index (χ1n) is 6.86. The molecule has 0 fully saturated rings. The second kappa shape index (κ2) is 7.88. The molecule has 1 aromatic carbocycles. The van der Waals surface area contributed by atoms with Gasteiger partial charge in [-0.05, 0) is 31.0 Å². The molecule has 0 saturated heterocycles. The summed E-state index contributed by atoms with van der Waals surface area (Å²) in [5.74, 6) is -0.0291. The van der Waals surface area contributed by atoms with Crippen molar-refractivity contribution in [3.63, 3.8) is 0 Å². The van der Waals surface area contributed by atoms with Crippen molar-refractivity contribution in [1.29, 1.82) is 0 Å². The highest BCUT2D eigenvalue weighted by Crippen LogP contribution is 2.11. The van der Waals surface area contributed by atoms with Crippen LogP contribution in [0.15, 0.2) is 29.2 Å². The summed E-state index contributed by atoms with van der Waals surface area (Å²) in [5.41, 5.74) is 1.09. The third kappa shape index (κ3) is 6.13. The summed E-state index contributed by atoms with van der Waals surface area (Å²) in [5, 5.41) is 0. The Kier molecular flexibility index (Phi) is 6.79. The molecule has 0 saturated carbocycles. The molecule has 0 aromatic heterocycles. The van der Waals surface area contributed by atoms with E-state index in [0.29, 0.717) is 0 Å². The maximum atomic E-state index is 12.0. The Morgan fingerprint density at radius 2 is 1.48 bits per heavy atom. The highest BCUT2D eigenvalue weighted by atomic mass is 32.2. The van der Waals surface area contributed by atoms with Crippen molar-refractivity contribution in [2.24, 2.45) is 0 Å². The van der Waals surface area contributed by atoms with E-state index in [1.165, 1.54) is 6.92 Å². The molecule has 0 aliphatic heterocycles. The molecule has 2 N–H and O–H groups in total. The van der Waals surface area contributed by atoms with Gasteiger partial charge in [-0.1, -0.05) is 25.5 Å². The van der Waals surface area contributed by atoms with Crippen LogP contribution in [0.5, 0.6) is 0 Å². The van der Waals surface area contributed by atoms with Gasteiger partial charge in [0.05, 0.1) is 10.6 Å². The van der Waals surface area contributed by atoms with E-state index < -0.39 is 20.0 Å².